The van der Waals surface area contributed by atoms with Crippen LogP contribution in [0.4, 0.5) is 0 Å². The van der Waals surface area contributed by atoms with E-state index in [0.717, 1.165) is 11.2 Å². The molecule has 1 aromatic rings. The van der Waals surface area contributed by atoms with Crippen LogP contribution in [0.15, 0.2) is 12.1 Å². The lowest BCUT2D eigenvalue weighted by Crippen LogP contribution is -2.12. The van der Waals surface area contributed by atoms with Gasteiger partial charge >= 0.3 is 0 Å². The Morgan fingerprint density at radius 3 is 2.45 bits per heavy atom. The van der Waals surface area contributed by atoms with Gasteiger partial charge in [0.2, 0.25) is 0 Å². The van der Waals surface area contributed by atoms with Crippen molar-refractivity contribution in [3.05, 3.63) is 21.9 Å². The first-order valence-corrected chi connectivity index (χ1v) is 4.13. The molecule has 11 heavy (non-hydrogen) atoms. The quantitative estimate of drug-likeness (QED) is 0.687. The summed E-state index contributed by atoms with van der Waals surface area (Å²) < 4.78 is 0. The van der Waals surface area contributed by atoms with Crippen molar-refractivity contribution in [2.24, 2.45) is 0 Å². The first kappa shape index (κ1) is 8.43. The van der Waals surface area contributed by atoms with Crippen LogP contribution in [0.3, 0.4) is 0 Å². The largest absolute Gasteiger partial charge is 0.385 e. The molecule has 0 saturated heterocycles. The molecular weight excluding hydrogens is 160 g/mol. The summed E-state index contributed by atoms with van der Waals surface area (Å²) in [6.45, 7) is 3.40. The summed E-state index contributed by atoms with van der Waals surface area (Å²) in [4.78, 5) is 11.7. The van der Waals surface area contributed by atoms with E-state index in [1.165, 1.54) is 11.3 Å². The Kier molecular flexibility index (Phi) is 2.11. The Balaban J connectivity index is 2.98. The topological polar surface area (TPSA) is 37.3 Å². The fraction of sp³-hybridized carbons (Fsp3) is 0.375. The molecule has 0 fully saturated rings. The van der Waals surface area contributed by atoms with Crippen molar-refractivity contribution in [3.8, 4) is 0 Å². The summed E-state index contributed by atoms with van der Waals surface area (Å²) in [5.74, 6) is 0. The minimum Gasteiger partial charge on any atom is -0.385 e. The molecule has 0 radical (unpaired) electrons. The maximum absolute atomic E-state index is 10.3. The Morgan fingerprint density at radius 1 is 1.55 bits per heavy atom. The van der Waals surface area contributed by atoms with Crippen molar-refractivity contribution in [1.29, 1.82) is 0 Å². The zero-order valence-corrected chi connectivity index (χ0v) is 7.31. The van der Waals surface area contributed by atoms with Gasteiger partial charge in [-0.2, -0.15) is 0 Å². The van der Waals surface area contributed by atoms with E-state index >= 15 is 0 Å². The van der Waals surface area contributed by atoms with Crippen molar-refractivity contribution in [2.45, 2.75) is 19.4 Å². The summed E-state index contributed by atoms with van der Waals surface area (Å²) in [6, 6.07) is 3.49. The van der Waals surface area contributed by atoms with Crippen LogP contribution in [-0.4, -0.2) is 11.4 Å². The molecule has 0 atom stereocenters. The fourth-order valence-corrected chi connectivity index (χ4v) is 1.57. The third-order valence-electron chi connectivity index (χ3n) is 1.35. The molecule has 0 aromatic carbocycles. The molecule has 1 N–H and O–H groups in total. The highest BCUT2D eigenvalue weighted by Gasteiger charge is 2.17. The minimum atomic E-state index is -0.827. The molecule has 60 valence electrons. The first-order valence-electron chi connectivity index (χ1n) is 3.32. The van der Waals surface area contributed by atoms with E-state index in [1.807, 2.05) is 0 Å². The van der Waals surface area contributed by atoms with Crippen LogP contribution >= 0.6 is 11.3 Å². The predicted molar refractivity (Wildman–Crippen MR) is 45.0 cm³/mol. The lowest BCUT2D eigenvalue weighted by molar-refractivity contribution is 0.0825. The molecule has 1 heterocycles. The second-order valence-corrected chi connectivity index (χ2v) is 3.99. The van der Waals surface area contributed by atoms with Crippen LogP contribution < -0.4 is 0 Å². The minimum absolute atomic E-state index is 0.655. The van der Waals surface area contributed by atoms with E-state index in [2.05, 4.69) is 0 Å². The SMILES string of the molecule is CC(C)(O)c1ccc(C=O)s1. The smallest absolute Gasteiger partial charge is 0.160 e. The molecule has 0 amide bonds. The number of aliphatic hydroxyl groups is 1. The average Bonchev–Trinajstić information content (AvgIpc) is 2.32. The zero-order valence-electron chi connectivity index (χ0n) is 6.50. The van der Waals surface area contributed by atoms with Crippen molar-refractivity contribution in [3.63, 3.8) is 0 Å². The monoisotopic (exact) mass is 170 g/mol. The normalized spacial score (nSPS) is 11.5. The van der Waals surface area contributed by atoms with Crippen LogP contribution in [0.2, 0.25) is 0 Å². The standard InChI is InChI=1S/C8H10O2S/c1-8(2,10)7-4-3-6(5-9)11-7/h3-5,10H,1-2H3. The third-order valence-corrected chi connectivity index (χ3v) is 2.67. The van der Waals surface area contributed by atoms with Gasteiger partial charge in [0.05, 0.1) is 10.5 Å². The molecule has 0 aliphatic heterocycles. The average molecular weight is 170 g/mol. The van der Waals surface area contributed by atoms with E-state index in [9.17, 15) is 9.90 Å². The molecule has 0 saturated carbocycles. The van der Waals surface area contributed by atoms with Gasteiger partial charge in [-0.25, -0.2) is 0 Å². The number of hydrogen-bond donors (Lipinski definition) is 1. The first-order chi connectivity index (χ1) is 5.04. The molecule has 0 aliphatic carbocycles. The van der Waals surface area contributed by atoms with Crippen LogP contribution in [0.5, 0.6) is 0 Å². The van der Waals surface area contributed by atoms with E-state index in [0.29, 0.717) is 4.88 Å². The van der Waals surface area contributed by atoms with Gasteiger partial charge in [-0.1, -0.05) is 0 Å². The van der Waals surface area contributed by atoms with Crippen molar-refractivity contribution < 1.29 is 9.90 Å². The van der Waals surface area contributed by atoms with Gasteiger partial charge in [0, 0.05) is 4.88 Å². The van der Waals surface area contributed by atoms with Gasteiger partial charge in [0.1, 0.15) is 0 Å². The molecule has 3 heteroatoms. The number of carbonyl (C=O) groups is 1. The molecule has 0 spiro atoms. The molecule has 1 aromatic heterocycles. The lowest BCUT2D eigenvalue weighted by Gasteiger charge is -2.13. The number of thiophene rings is 1. The van der Waals surface area contributed by atoms with Crippen molar-refractivity contribution in [1.82, 2.24) is 0 Å². The third kappa shape index (κ3) is 1.88. The maximum Gasteiger partial charge on any atom is 0.160 e. The molecule has 0 unspecified atom stereocenters. The lowest BCUT2D eigenvalue weighted by atomic mass is 10.1. The number of aldehydes is 1. The van der Waals surface area contributed by atoms with E-state index in [-0.39, 0.29) is 0 Å². The Bertz CT molecular complexity index is 257. The number of carbonyl (C=O) groups excluding carboxylic acids is 1. The van der Waals surface area contributed by atoms with Gasteiger partial charge < -0.3 is 5.11 Å². The van der Waals surface area contributed by atoms with Gasteiger partial charge in [0.15, 0.2) is 6.29 Å². The molecule has 0 bridgehead atoms. The number of rotatable bonds is 2. The highest BCUT2D eigenvalue weighted by molar-refractivity contribution is 7.13. The Labute approximate surface area is 69.5 Å². The van der Waals surface area contributed by atoms with Crippen molar-refractivity contribution >= 4 is 17.6 Å². The van der Waals surface area contributed by atoms with Gasteiger partial charge in [-0.05, 0) is 26.0 Å². The number of hydrogen-bond acceptors (Lipinski definition) is 3. The summed E-state index contributed by atoms with van der Waals surface area (Å²) in [6.07, 6.45) is 0.792. The zero-order chi connectivity index (χ0) is 8.48. The Morgan fingerprint density at radius 2 is 2.18 bits per heavy atom. The molecular formula is C8H10O2S. The highest BCUT2D eigenvalue weighted by Crippen LogP contribution is 2.26. The summed E-state index contributed by atoms with van der Waals surface area (Å²) in [5.41, 5.74) is -0.827. The summed E-state index contributed by atoms with van der Waals surface area (Å²) in [7, 11) is 0. The summed E-state index contributed by atoms with van der Waals surface area (Å²) >= 11 is 1.32. The second-order valence-electron chi connectivity index (χ2n) is 2.88. The van der Waals surface area contributed by atoms with Gasteiger partial charge in [-0.3, -0.25) is 4.79 Å². The van der Waals surface area contributed by atoms with Crippen molar-refractivity contribution in [2.75, 3.05) is 0 Å². The van der Waals surface area contributed by atoms with E-state index in [4.69, 9.17) is 0 Å². The molecule has 1 rings (SSSR count). The summed E-state index contributed by atoms with van der Waals surface area (Å²) in [5, 5.41) is 9.49. The second kappa shape index (κ2) is 2.75. The molecule has 0 aliphatic rings. The van der Waals surface area contributed by atoms with E-state index in [1.54, 1.807) is 26.0 Å². The van der Waals surface area contributed by atoms with Crippen LogP contribution in [0.1, 0.15) is 28.4 Å². The fourth-order valence-electron chi connectivity index (χ4n) is 0.745. The van der Waals surface area contributed by atoms with E-state index < -0.39 is 5.60 Å². The Hall–Kier alpha value is -0.670. The molecule has 2 nitrogen and oxygen atoms in total. The van der Waals surface area contributed by atoms with Crippen LogP contribution in [0, 0.1) is 0 Å². The van der Waals surface area contributed by atoms with Crippen LogP contribution in [-0.2, 0) is 5.60 Å². The van der Waals surface area contributed by atoms with Crippen LogP contribution in [0.25, 0.3) is 0 Å². The van der Waals surface area contributed by atoms with Gasteiger partial charge in [0.25, 0.3) is 0 Å². The van der Waals surface area contributed by atoms with Gasteiger partial charge in [-0.15, -0.1) is 11.3 Å². The maximum atomic E-state index is 10.3. The highest BCUT2D eigenvalue weighted by atomic mass is 32.1. The predicted octanol–water partition coefficient (Wildman–Crippen LogP) is 1.79.